The van der Waals surface area contributed by atoms with Crippen molar-refractivity contribution in [2.75, 3.05) is 6.54 Å². The summed E-state index contributed by atoms with van der Waals surface area (Å²) in [5.41, 5.74) is 6.01. The van der Waals surface area contributed by atoms with Crippen LogP contribution in [0.25, 0.3) is 16.6 Å². The van der Waals surface area contributed by atoms with Gasteiger partial charge in [-0.2, -0.15) is 0 Å². The molecule has 2 heterocycles. The predicted octanol–water partition coefficient (Wildman–Crippen LogP) is 6.23. The van der Waals surface area contributed by atoms with Gasteiger partial charge < -0.3 is 10.3 Å². The van der Waals surface area contributed by atoms with Crippen LogP contribution in [0.3, 0.4) is 0 Å². The Kier molecular flexibility index (Phi) is 5.64. The molecule has 4 heteroatoms. The maximum Gasteiger partial charge on any atom is 0.0457 e. The molecule has 0 spiro atoms. The second-order valence-corrected chi connectivity index (χ2v) is 8.89. The van der Waals surface area contributed by atoms with Crippen LogP contribution in [0.15, 0.2) is 72.8 Å². The second kappa shape index (κ2) is 8.31. The molecule has 136 valence electrons. The summed E-state index contributed by atoms with van der Waals surface area (Å²) in [6.07, 6.45) is 4.06. The van der Waals surface area contributed by atoms with Crippen LogP contribution >= 0.6 is 33.9 Å². The first-order chi connectivity index (χ1) is 13.2. The van der Waals surface area contributed by atoms with E-state index in [2.05, 4.69) is 106 Å². The van der Waals surface area contributed by atoms with Gasteiger partial charge in [0.05, 0.1) is 0 Å². The Hall–Kier alpha value is -2.05. The number of aromatic nitrogens is 1. The van der Waals surface area contributed by atoms with E-state index in [4.69, 9.17) is 0 Å². The molecular formula is C23H21IN2S. The predicted molar refractivity (Wildman–Crippen MR) is 125 cm³/mol. The first-order valence-electron chi connectivity index (χ1n) is 8.99. The minimum absolute atomic E-state index is 0.867. The summed E-state index contributed by atoms with van der Waals surface area (Å²) in [7, 11) is 0. The normalized spacial score (nSPS) is 11.0. The SMILES string of the molecule is C=C(NCCc1c[nH]c2ccc(I)cc12)c1cccc(Cc2cccs2)c1. The smallest absolute Gasteiger partial charge is 0.0457 e. The summed E-state index contributed by atoms with van der Waals surface area (Å²) < 4.78 is 1.26. The molecule has 2 nitrogen and oxygen atoms in total. The summed E-state index contributed by atoms with van der Waals surface area (Å²) in [4.78, 5) is 4.75. The zero-order valence-electron chi connectivity index (χ0n) is 15.0. The topological polar surface area (TPSA) is 27.8 Å². The van der Waals surface area contributed by atoms with E-state index in [9.17, 15) is 0 Å². The van der Waals surface area contributed by atoms with E-state index in [1.54, 1.807) is 11.3 Å². The van der Waals surface area contributed by atoms with Crippen LogP contribution in [0.5, 0.6) is 0 Å². The largest absolute Gasteiger partial charge is 0.385 e. The number of hydrogen-bond acceptors (Lipinski definition) is 2. The Morgan fingerprint density at radius 2 is 2.04 bits per heavy atom. The molecule has 0 bridgehead atoms. The van der Waals surface area contributed by atoms with E-state index in [-0.39, 0.29) is 0 Å². The van der Waals surface area contributed by atoms with Gasteiger partial charge in [-0.05, 0) is 81.4 Å². The molecule has 0 aliphatic carbocycles. The molecule has 4 rings (SSSR count). The quantitative estimate of drug-likeness (QED) is 0.299. The molecule has 0 atom stereocenters. The molecule has 2 aromatic carbocycles. The third-order valence-electron chi connectivity index (χ3n) is 4.70. The minimum atomic E-state index is 0.867. The van der Waals surface area contributed by atoms with Crippen molar-refractivity contribution in [3.63, 3.8) is 0 Å². The number of rotatable bonds is 7. The van der Waals surface area contributed by atoms with E-state index in [1.807, 2.05) is 0 Å². The van der Waals surface area contributed by atoms with Crippen molar-refractivity contribution >= 4 is 50.5 Å². The molecule has 0 saturated heterocycles. The second-order valence-electron chi connectivity index (χ2n) is 6.62. The van der Waals surface area contributed by atoms with Crippen molar-refractivity contribution in [3.8, 4) is 0 Å². The van der Waals surface area contributed by atoms with E-state index >= 15 is 0 Å². The van der Waals surface area contributed by atoms with Gasteiger partial charge in [0.15, 0.2) is 0 Å². The molecule has 0 unspecified atom stereocenters. The van der Waals surface area contributed by atoms with Crippen LogP contribution in [0.1, 0.15) is 21.6 Å². The number of thiophene rings is 1. The van der Waals surface area contributed by atoms with Gasteiger partial charge in [-0.25, -0.2) is 0 Å². The Bertz CT molecular complexity index is 1060. The Labute approximate surface area is 177 Å². The van der Waals surface area contributed by atoms with E-state index in [0.29, 0.717) is 0 Å². The molecule has 4 aromatic rings. The highest BCUT2D eigenvalue weighted by molar-refractivity contribution is 14.1. The third-order valence-corrected chi connectivity index (χ3v) is 6.24. The Morgan fingerprint density at radius 3 is 2.89 bits per heavy atom. The molecule has 0 radical (unpaired) electrons. The third kappa shape index (κ3) is 4.45. The molecule has 0 amide bonds. The van der Waals surface area contributed by atoms with Crippen molar-refractivity contribution in [2.24, 2.45) is 0 Å². The van der Waals surface area contributed by atoms with Crippen LogP contribution in [0, 0.1) is 3.57 Å². The average molecular weight is 484 g/mol. The van der Waals surface area contributed by atoms with Crippen LogP contribution in [-0.4, -0.2) is 11.5 Å². The van der Waals surface area contributed by atoms with Gasteiger partial charge in [-0.15, -0.1) is 11.3 Å². The zero-order valence-corrected chi connectivity index (χ0v) is 17.9. The number of hydrogen-bond donors (Lipinski definition) is 2. The summed E-state index contributed by atoms with van der Waals surface area (Å²) in [6, 6.07) is 19.5. The highest BCUT2D eigenvalue weighted by atomic mass is 127. The number of nitrogens with one attached hydrogen (secondary N) is 2. The maximum atomic E-state index is 4.24. The lowest BCUT2D eigenvalue weighted by Gasteiger charge is -2.11. The summed E-state index contributed by atoms with van der Waals surface area (Å²) in [5.74, 6) is 0. The maximum absolute atomic E-state index is 4.24. The van der Waals surface area contributed by atoms with E-state index < -0.39 is 0 Å². The van der Waals surface area contributed by atoms with Crippen molar-refractivity contribution in [2.45, 2.75) is 12.8 Å². The van der Waals surface area contributed by atoms with Crippen molar-refractivity contribution in [1.29, 1.82) is 0 Å². The number of halogens is 1. The molecule has 0 aliphatic heterocycles. The van der Waals surface area contributed by atoms with Gasteiger partial charge in [-0.3, -0.25) is 0 Å². The molecular weight excluding hydrogens is 463 g/mol. The number of fused-ring (bicyclic) bond motifs is 1. The average Bonchev–Trinajstić information content (AvgIpc) is 3.32. The fourth-order valence-corrected chi connectivity index (χ4v) is 4.52. The first-order valence-corrected chi connectivity index (χ1v) is 10.9. The standard InChI is InChI=1S/C23H21IN2S/c1-16(18-5-2-4-17(12-18)13-21-6-3-11-27-21)25-10-9-19-15-26-23-8-7-20(24)14-22(19)23/h2-8,11-12,14-15,25-26H,1,9-10,13H2. The number of aromatic amines is 1. The van der Waals surface area contributed by atoms with Crippen molar-refractivity contribution in [1.82, 2.24) is 10.3 Å². The minimum Gasteiger partial charge on any atom is -0.385 e. The molecule has 0 saturated carbocycles. The number of benzene rings is 2. The fourth-order valence-electron chi connectivity index (χ4n) is 3.29. The Morgan fingerprint density at radius 1 is 1.11 bits per heavy atom. The van der Waals surface area contributed by atoms with E-state index in [0.717, 1.165) is 30.6 Å². The van der Waals surface area contributed by atoms with Gasteiger partial charge in [-0.1, -0.05) is 30.8 Å². The summed E-state index contributed by atoms with van der Waals surface area (Å²) >= 11 is 4.17. The zero-order chi connectivity index (χ0) is 18.6. The first kappa shape index (κ1) is 18.3. The molecule has 0 fully saturated rings. The molecule has 2 aromatic heterocycles. The van der Waals surface area contributed by atoms with Crippen LogP contribution in [-0.2, 0) is 12.8 Å². The highest BCUT2D eigenvalue weighted by Gasteiger charge is 2.06. The van der Waals surface area contributed by atoms with Crippen LogP contribution < -0.4 is 5.32 Å². The Balaban J connectivity index is 1.38. The van der Waals surface area contributed by atoms with Gasteiger partial charge in [0.25, 0.3) is 0 Å². The highest BCUT2D eigenvalue weighted by Crippen LogP contribution is 2.22. The lowest BCUT2D eigenvalue weighted by atomic mass is 10.1. The monoisotopic (exact) mass is 484 g/mol. The lowest BCUT2D eigenvalue weighted by molar-refractivity contribution is 0.853. The van der Waals surface area contributed by atoms with Gasteiger partial charge in [0.2, 0.25) is 0 Å². The van der Waals surface area contributed by atoms with Gasteiger partial charge in [0, 0.05) is 44.2 Å². The van der Waals surface area contributed by atoms with Crippen LogP contribution in [0.2, 0.25) is 0 Å². The van der Waals surface area contributed by atoms with Gasteiger partial charge >= 0.3 is 0 Å². The molecule has 0 aliphatic rings. The van der Waals surface area contributed by atoms with Crippen molar-refractivity contribution in [3.05, 3.63) is 97.9 Å². The fraction of sp³-hybridized carbons (Fsp3) is 0.130. The number of H-pyrrole nitrogens is 1. The van der Waals surface area contributed by atoms with Crippen molar-refractivity contribution < 1.29 is 0 Å². The summed E-state index contributed by atoms with van der Waals surface area (Å²) in [5, 5.41) is 6.94. The molecule has 2 N–H and O–H groups in total. The van der Waals surface area contributed by atoms with Gasteiger partial charge in [0.1, 0.15) is 0 Å². The van der Waals surface area contributed by atoms with E-state index in [1.165, 1.54) is 30.5 Å². The molecule has 27 heavy (non-hydrogen) atoms. The lowest BCUT2D eigenvalue weighted by Crippen LogP contribution is -2.15. The van der Waals surface area contributed by atoms with Crippen LogP contribution in [0.4, 0.5) is 0 Å². The summed E-state index contributed by atoms with van der Waals surface area (Å²) in [6.45, 7) is 5.11.